The highest BCUT2D eigenvalue weighted by atomic mass is 16.5. The lowest BCUT2D eigenvalue weighted by Gasteiger charge is -2.13. The summed E-state index contributed by atoms with van der Waals surface area (Å²) in [6, 6.07) is 30.1. The van der Waals surface area contributed by atoms with E-state index in [0.29, 0.717) is 11.3 Å². The fraction of sp³-hybridized carbons (Fsp3) is 0.0769. The van der Waals surface area contributed by atoms with E-state index in [4.69, 9.17) is 9.72 Å². The molecule has 4 nitrogen and oxygen atoms in total. The second kappa shape index (κ2) is 8.62. The van der Waals surface area contributed by atoms with Crippen LogP contribution in [0.5, 0.6) is 0 Å². The highest BCUT2D eigenvalue weighted by Gasteiger charge is 2.22. The molecule has 30 heavy (non-hydrogen) atoms. The summed E-state index contributed by atoms with van der Waals surface area (Å²) >= 11 is 0. The van der Waals surface area contributed by atoms with E-state index in [1.165, 1.54) is 0 Å². The van der Waals surface area contributed by atoms with Gasteiger partial charge in [-0.3, -0.25) is 4.57 Å². The van der Waals surface area contributed by atoms with Gasteiger partial charge in [-0.15, -0.1) is 0 Å². The second-order valence-electron chi connectivity index (χ2n) is 6.99. The summed E-state index contributed by atoms with van der Waals surface area (Å²) in [7, 11) is 0. The Labute approximate surface area is 176 Å². The Balaban J connectivity index is 1.95. The number of rotatable bonds is 6. The molecule has 0 saturated heterocycles. The van der Waals surface area contributed by atoms with Gasteiger partial charge in [0.25, 0.3) is 0 Å². The molecule has 4 rings (SSSR count). The van der Waals surface area contributed by atoms with Crippen molar-refractivity contribution >= 4 is 5.97 Å². The highest BCUT2D eigenvalue weighted by molar-refractivity contribution is 5.87. The molecule has 0 atom stereocenters. The number of ether oxygens (including phenoxy) is 1. The number of carbonyl (C=O) groups is 1. The van der Waals surface area contributed by atoms with E-state index in [0.717, 1.165) is 28.3 Å². The molecule has 0 amide bonds. The molecule has 0 fully saturated rings. The van der Waals surface area contributed by atoms with E-state index >= 15 is 0 Å². The Hall–Kier alpha value is -3.92. The van der Waals surface area contributed by atoms with Crippen LogP contribution in [0.4, 0.5) is 0 Å². The molecule has 0 aliphatic rings. The van der Waals surface area contributed by atoms with Gasteiger partial charge in [0.2, 0.25) is 0 Å². The molecule has 0 aliphatic carbocycles. The zero-order chi connectivity index (χ0) is 20.9. The second-order valence-corrected chi connectivity index (χ2v) is 6.99. The average Bonchev–Trinajstić information content (AvgIpc) is 3.18. The van der Waals surface area contributed by atoms with Gasteiger partial charge in [-0.05, 0) is 19.1 Å². The van der Waals surface area contributed by atoms with Crippen LogP contribution in [0, 0.1) is 0 Å². The molecule has 1 aromatic heterocycles. The first kappa shape index (κ1) is 19.4. The van der Waals surface area contributed by atoms with Crippen LogP contribution < -0.4 is 0 Å². The number of hydrogen-bond donors (Lipinski definition) is 0. The van der Waals surface area contributed by atoms with E-state index in [-0.39, 0.29) is 6.61 Å². The van der Waals surface area contributed by atoms with Crippen LogP contribution in [-0.4, -0.2) is 15.5 Å². The molecule has 4 aromatic rings. The number of benzene rings is 3. The van der Waals surface area contributed by atoms with E-state index in [9.17, 15) is 4.79 Å². The third-order valence-electron chi connectivity index (χ3n) is 4.73. The molecule has 0 aliphatic heterocycles. The molecule has 0 bridgehead atoms. The fourth-order valence-electron chi connectivity index (χ4n) is 3.32. The van der Waals surface area contributed by atoms with E-state index in [1.807, 2.05) is 91.0 Å². The Morgan fingerprint density at radius 1 is 0.867 bits per heavy atom. The van der Waals surface area contributed by atoms with Gasteiger partial charge in [-0.2, -0.15) is 0 Å². The third kappa shape index (κ3) is 3.94. The number of imidazole rings is 1. The molecule has 148 valence electrons. The summed E-state index contributed by atoms with van der Waals surface area (Å²) in [6.45, 7) is 5.37. The average molecular weight is 394 g/mol. The fourth-order valence-corrected chi connectivity index (χ4v) is 3.32. The summed E-state index contributed by atoms with van der Waals surface area (Å²) in [5, 5.41) is 0. The number of carbonyl (C=O) groups excluding carboxylic acids is 1. The van der Waals surface area contributed by atoms with E-state index in [1.54, 1.807) is 6.92 Å². The molecule has 1 heterocycles. The SMILES string of the molecule is C=C(C)C(=O)OCc1nc(-c2ccccc2)n(-c2ccccc2)c1-c1ccccc1. The van der Waals surface area contributed by atoms with Gasteiger partial charge in [-0.25, -0.2) is 9.78 Å². The summed E-state index contributed by atoms with van der Waals surface area (Å²) < 4.78 is 7.60. The van der Waals surface area contributed by atoms with E-state index < -0.39 is 5.97 Å². The first-order valence-corrected chi connectivity index (χ1v) is 9.75. The smallest absolute Gasteiger partial charge is 0.333 e. The quantitative estimate of drug-likeness (QED) is 0.305. The van der Waals surface area contributed by atoms with Gasteiger partial charge in [0.05, 0.1) is 5.69 Å². The van der Waals surface area contributed by atoms with Crippen molar-refractivity contribution in [1.82, 2.24) is 9.55 Å². The largest absolute Gasteiger partial charge is 0.456 e. The van der Waals surface area contributed by atoms with Crippen molar-refractivity contribution in [3.8, 4) is 28.3 Å². The first-order chi connectivity index (χ1) is 14.6. The molecule has 0 N–H and O–H groups in total. The lowest BCUT2D eigenvalue weighted by molar-refractivity contribution is -0.140. The predicted molar refractivity (Wildman–Crippen MR) is 119 cm³/mol. The molecular weight excluding hydrogens is 372 g/mol. The zero-order valence-corrected chi connectivity index (χ0v) is 16.8. The van der Waals surface area contributed by atoms with Crippen molar-refractivity contribution in [2.24, 2.45) is 0 Å². The Morgan fingerprint density at radius 3 is 1.97 bits per heavy atom. The zero-order valence-electron chi connectivity index (χ0n) is 16.8. The topological polar surface area (TPSA) is 44.1 Å². The van der Waals surface area contributed by atoms with Gasteiger partial charge in [0.1, 0.15) is 18.1 Å². The van der Waals surface area contributed by atoms with Crippen molar-refractivity contribution in [2.45, 2.75) is 13.5 Å². The van der Waals surface area contributed by atoms with Crippen LogP contribution in [0.3, 0.4) is 0 Å². The van der Waals surface area contributed by atoms with Crippen LogP contribution in [-0.2, 0) is 16.1 Å². The van der Waals surface area contributed by atoms with Crippen molar-refractivity contribution in [1.29, 1.82) is 0 Å². The minimum atomic E-state index is -0.426. The van der Waals surface area contributed by atoms with Crippen LogP contribution in [0.2, 0.25) is 0 Å². The van der Waals surface area contributed by atoms with Crippen LogP contribution in [0.15, 0.2) is 103 Å². The maximum Gasteiger partial charge on any atom is 0.333 e. The van der Waals surface area contributed by atoms with E-state index in [2.05, 4.69) is 11.1 Å². The number of aromatic nitrogens is 2. The molecule has 0 saturated carbocycles. The number of nitrogens with zero attached hydrogens (tertiary/aromatic N) is 2. The molecule has 0 spiro atoms. The number of para-hydroxylation sites is 1. The summed E-state index contributed by atoms with van der Waals surface area (Å²) in [5.74, 6) is 0.367. The van der Waals surface area contributed by atoms with Crippen LogP contribution in [0.1, 0.15) is 12.6 Å². The first-order valence-electron chi connectivity index (χ1n) is 9.75. The molecule has 0 unspecified atom stereocenters. The Morgan fingerprint density at radius 2 is 1.40 bits per heavy atom. The Bertz CT molecular complexity index is 1160. The molecule has 3 aromatic carbocycles. The lowest BCUT2D eigenvalue weighted by atomic mass is 10.1. The Kier molecular flexibility index (Phi) is 5.57. The number of hydrogen-bond acceptors (Lipinski definition) is 3. The maximum atomic E-state index is 12.0. The molecule has 0 radical (unpaired) electrons. The van der Waals surface area contributed by atoms with Crippen LogP contribution in [0.25, 0.3) is 28.3 Å². The van der Waals surface area contributed by atoms with Crippen LogP contribution >= 0.6 is 0 Å². The summed E-state index contributed by atoms with van der Waals surface area (Å²) in [5.41, 5.74) is 4.92. The molecular formula is C26H22N2O2. The normalized spacial score (nSPS) is 10.6. The van der Waals surface area contributed by atoms with Gasteiger partial charge >= 0.3 is 5.97 Å². The predicted octanol–water partition coefficient (Wildman–Crippen LogP) is 5.83. The van der Waals surface area contributed by atoms with Gasteiger partial charge in [0, 0.05) is 22.4 Å². The van der Waals surface area contributed by atoms with Gasteiger partial charge in [0.15, 0.2) is 0 Å². The minimum absolute atomic E-state index is 0.0651. The number of esters is 1. The summed E-state index contributed by atoms with van der Waals surface area (Å²) in [4.78, 5) is 17.0. The van der Waals surface area contributed by atoms with Gasteiger partial charge in [-0.1, -0.05) is 85.4 Å². The molecule has 4 heteroatoms. The van der Waals surface area contributed by atoms with Crippen molar-refractivity contribution in [3.05, 3.63) is 109 Å². The lowest BCUT2D eigenvalue weighted by Crippen LogP contribution is -2.06. The standard InChI is InChI=1S/C26H22N2O2/c1-19(2)26(29)30-18-23-24(20-12-6-3-7-13-20)28(22-16-10-5-11-17-22)25(27-23)21-14-8-4-9-15-21/h3-17H,1,18H2,2H3. The van der Waals surface area contributed by atoms with Crippen molar-refractivity contribution in [2.75, 3.05) is 0 Å². The van der Waals surface area contributed by atoms with Crippen molar-refractivity contribution in [3.63, 3.8) is 0 Å². The maximum absolute atomic E-state index is 12.0. The monoisotopic (exact) mass is 394 g/mol. The summed E-state index contributed by atoms with van der Waals surface area (Å²) in [6.07, 6.45) is 0. The highest BCUT2D eigenvalue weighted by Crippen LogP contribution is 2.33. The van der Waals surface area contributed by atoms with Gasteiger partial charge < -0.3 is 4.74 Å². The minimum Gasteiger partial charge on any atom is -0.456 e. The third-order valence-corrected chi connectivity index (χ3v) is 4.73. The van der Waals surface area contributed by atoms with Crippen molar-refractivity contribution < 1.29 is 9.53 Å².